The number of methoxy groups -OCH3 is 1. The molecular weight excluding hydrogens is 190 g/mol. The van der Waals surface area contributed by atoms with E-state index in [-0.39, 0.29) is 0 Å². The minimum atomic E-state index is -0.401. The molecule has 0 aliphatic carbocycles. The standard InChI is InChI=1S/C12H11NO2/c1-15-12(14)7-6-10-4-2-3-5-11(10)8-9-13/h2-7H,8H2,1H3. The molecule has 0 bridgehead atoms. The zero-order valence-electron chi connectivity index (χ0n) is 8.43. The van der Waals surface area contributed by atoms with E-state index in [1.54, 1.807) is 6.08 Å². The molecule has 0 fully saturated rings. The lowest BCUT2D eigenvalue weighted by molar-refractivity contribution is -0.134. The maximum Gasteiger partial charge on any atom is 0.330 e. The van der Waals surface area contributed by atoms with Crippen molar-refractivity contribution in [1.29, 1.82) is 5.26 Å². The zero-order valence-corrected chi connectivity index (χ0v) is 8.43. The highest BCUT2D eigenvalue weighted by molar-refractivity contribution is 5.87. The summed E-state index contributed by atoms with van der Waals surface area (Å²) < 4.78 is 4.48. The SMILES string of the molecule is COC(=O)C=Cc1ccccc1CC#N. The molecular formula is C12H11NO2. The molecule has 0 N–H and O–H groups in total. The number of esters is 1. The van der Waals surface area contributed by atoms with Crippen LogP contribution in [0.5, 0.6) is 0 Å². The summed E-state index contributed by atoms with van der Waals surface area (Å²) in [6.45, 7) is 0. The van der Waals surface area contributed by atoms with Gasteiger partial charge in [0.05, 0.1) is 19.6 Å². The maximum atomic E-state index is 10.9. The molecule has 1 aromatic rings. The molecule has 0 atom stereocenters. The Balaban J connectivity index is 2.89. The third-order valence-corrected chi connectivity index (χ3v) is 1.92. The van der Waals surface area contributed by atoms with Crippen LogP contribution in [-0.2, 0) is 16.0 Å². The molecule has 0 heterocycles. The lowest BCUT2D eigenvalue weighted by Crippen LogP contribution is -1.94. The molecule has 0 saturated heterocycles. The number of carbonyl (C=O) groups excluding carboxylic acids is 1. The summed E-state index contributed by atoms with van der Waals surface area (Å²) in [6, 6.07) is 9.51. The number of hydrogen-bond donors (Lipinski definition) is 0. The molecule has 3 heteroatoms. The molecule has 3 nitrogen and oxygen atoms in total. The second kappa shape index (κ2) is 5.61. The van der Waals surface area contributed by atoms with E-state index in [1.807, 2.05) is 24.3 Å². The van der Waals surface area contributed by atoms with Crippen molar-refractivity contribution in [2.75, 3.05) is 7.11 Å². The van der Waals surface area contributed by atoms with Crippen LogP contribution >= 0.6 is 0 Å². The zero-order chi connectivity index (χ0) is 11.1. The number of rotatable bonds is 3. The molecule has 0 radical (unpaired) electrons. The van der Waals surface area contributed by atoms with Crippen molar-refractivity contribution in [3.8, 4) is 6.07 Å². The van der Waals surface area contributed by atoms with Crippen molar-refractivity contribution >= 4 is 12.0 Å². The maximum absolute atomic E-state index is 10.9. The van der Waals surface area contributed by atoms with Gasteiger partial charge in [0, 0.05) is 6.08 Å². The highest BCUT2D eigenvalue weighted by atomic mass is 16.5. The van der Waals surface area contributed by atoms with Crippen LogP contribution in [0.4, 0.5) is 0 Å². The van der Waals surface area contributed by atoms with Crippen LogP contribution in [-0.4, -0.2) is 13.1 Å². The molecule has 1 rings (SSSR count). The van der Waals surface area contributed by atoms with Gasteiger partial charge in [-0.1, -0.05) is 24.3 Å². The van der Waals surface area contributed by atoms with Gasteiger partial charge in [-0.25, -0.2) is 4.79 Å². The van der Waals surface area contributed by atoms with Gasteiger partial charge < -0.3 is 4.74 Å². The van der Waals surface area contributed by atoms with Crippen molar-refractivity contribution in [3.63, 3.8) is 0 Å². The number of nitriles is 1. The first kappa shape index (κ1) is 11.0. The van der Waals surface area contributed by atoms with E-state index in [0.29, 0.717) is 6.42 Å². The normalized spacial score (nSPS) is 9.87. The molecule has 0 unspecified atom stereocenters. The monoisotopic (exact) mass is 201 g/mol. The van der Waals surface area contributed by atoms with Crippen LogP contribution in [0.25, 0.3) is 6.08 Å². The molecule has 15 heavy (non-hydrogen) atoms. The van der Waals surface area contributed by atoms with E-state index >= 15 is 0 Å². The number of carbonyl (C=O) groups is 1. The Bertz CT molecular complexity index is 416. The molecule has 0 amide bonds. The van der Waals surface area contributed by atoms with Gasteiger partial charge in [0.25, 0.3) is 0 Å². The molecule has 1 aromatic carbocycles. The van der Waals surface area contributed by atoms with Crippen LogP contribution in [0.15, 0.2) is 30.3 Å². The van der Waals surface area contributed by atoms with Crippen LogP contribution in [0.1, 0.15) is 11.1 Å². The molecule has 0 aromatic heterocycles. The fraction of sp³-hybridized carbons (Fsp3) is 0.167. The Labute approximate surface area is 88.6 Å². The minimum Gasteiger partial charge on any atom is -0.466 e. The van der Waals surface area contributed by atoms with Crippen molar-refractivity contribution in [2.45, 2.75) is 6.42 Å². The lowest BCUT2D eigenvalue weighted by atomic mass is 10.0. The highest BCUT2D eigenvalue weighted by Crippen LogP contribution is 2.11. The number of hydrogen-bond acceptors (Lipinski definition) is 3. The fourth-order valence-corrected chi connectivity index (χ4v) is 1.17. The largest absolute Gasteiger partial charge is 0.466 e. The molecule has 0 aliphatic rings. The van der Waals surface area contributed by atoms with Crippen molar-refractivity contribution in [3.05, 3.63) is 41.5 Å². The van der Waals surface area contributed by atoms with E-state index in [0.717, 1.165) is 11.1 Å². The lowest BCUT2D eigenvalue weighted by Gasteiger charge is -2.00. The molecule has 0 saturated carbocycles. The Morgan fingerprint density at radius 1 is 1.53 bits per heavy atom. The van der Waals surface area contributed by atoms with E-state index in [4.69, 9.17) is 5.26 Å². The predicted molar refractivity (Wildman–Crippen MR) is 56.8 cm³/mol. The van der Waals surface area contributed by atoms with E-state index < -0.39 is 5.97 Å². The van der Waals surface area contributed by atoms with Gasteiger partial charge >= 0.3 is 5.97 Å². The highest BCUT2D eigenvalue weighted by Gasteiger charge is 1.98. The quantitative estimate of drug-likeness (QED) is 0.554. The summed E-state index contributed by atoms with van der Waals surface area (Å²) in [5.74, 6) is -0.401. The summed E-state index contributed by atoms with van der Waals surface area (Å²) in [5.41, 5.74) is 1.77. The predicted octanol–water partition coefficient (Wildman–Crippen LogP) is 1.94. The van der Waals surface area contributed by atoms with Gasteiger partial charge in [0.2, 0.25) is 0 Å². The second-order valence-corrected chi connectivity index (χ2v) is 2.89. The van der Waals surface area contributed by atoms with Crippen LogP contribution < -0.4 is 0 Å². The third kappa shape index (κ3) is 3.28. The number of benzene rings is 1. The van der Waals surface area contributed by atoms with Crippen LogP contribution in [0, 0.1) is 11.3 Å². The first-order valence-electron chi connectivity index (χ1n) is 4.49. The Morgan fingerprint density at radius 2 is 2.27 bits per heavy atom. The topological polar surface area (TPSA) is 50.1 Å². The number of ether oxygens (including phenoxy) is 1. The van der Waals surface area contributed by atoms with Crippen molar-refractivity contribution in [2.24, 2.45) is 0 Å². The smallest absolute Gasteiger partial charge is 0.330 e. The summed E-state index contributed by atoms with van der Waals surface area (Å²) in [4.78, 5) is 10.9. The average molecular weight is 201 g/mol. The summed E-state index contributed by atoms with van der Waals surface area (Å²) in [5, 5.41) is 8.60. The number of nitrogens with zero attached hydrogens (tertiary/aromatic N) is 1. The van der Waals surface area contributed by atoms with Gasteiger partial charge in [0.15, 0.2) is 0 Å². The van der Waals surface area contributed by atoms with E-state index in [2.05, 4.69) is 10.8 Å². The third-order valence-electron chi connectivity index (χ3n) is 1.92. The molecule has 76 valence electrons. The fourth-order valence-electron chi connectivity index (χ4n) is 1.17. The first-order valence-corrected chi connectivity index (χ1v) is 4.49. The first-order chi connectivity index (χ1) is 7.27. The average Bonchev–Trinajstić information content (AvgIpc) is 2.28. The second-order valence-electron chi connectivity index (χ2n) is 2.89. The summed E-state index contributed by atoms with van der Waals surface area (Å²) >= 11 is 0. The van der Waals surface area contributed by atoms with Gasteiger partial charge in [-0.05, 0) is 17.2 Å². The van der Waals surface area contributed by atoms with Gasteiger partial charge in [0.1, 0.15) is 0 Å². The minimum absolute atomic E-state index is 0.335. The van der Waals surface area contributed by atoms with Gasteiger partial charge in [-0.15, -0.1) is 0 Å². The van der Waals surface area contributed by atoms with Gasteiger partial charge in [-0.2, -0.15) is 5.26 Å². The Morgan fingerprint density at radius 3 is 2.93 bits per heavy atom. The summed E-state index contributed by atoms with van der Waals surface area (Å²) in [6.07, 6.45) is 3.33. The van der Waals surface area contributed by atoms with Crippen molar-refractivity contribution < 1.29 is 9.53 Å². The van der Waals surface area contributed by atoms with E-state index in [1.165, 1.54) is 13.2 Å². The molecule has 0 spiro atoms. The van der Waals surface area contributed by atoms with Crippen molar-refractivity contribution in [1.82, 2.24) is 0 Å². The van der Waals surface area contributed by atoms with Crippen LogP contribution in [0.3, 0.4) is 0 Å². The van der Waals surface area contributed by atoms with Crippen LogP contribution in [0.2, 0.25) is 0 Å². The van der Waals surface area contributed by atoms with Gasteiger partial charge in [-0.3, -0.25) is 0 Å². The summed E-state index contributed by atoms with van der Waals surface area (Å²) in [7, 11) is 1.33. The molecule has 0 aliphatic heterocycles. The van der Waals surface area contributed by atoms with E-state index in [9.17, 15) is 4.79 Å². The Kier molecular flexibility index (Phi) is 4.11. The Hall–Kier alpha value is -2.08.